The van der Waals surface area contributed by atoms with Crippen LogP contribution >= 0.6 is 0 Å². The molecule has 2 atom stereocenters. The lowest BCUT2D eigenvalue weighted by molar-refractivity contribution is -0.137. The molecule has 3 aromatic rings. The Morgan fingerprint density at radius 1 is 1.07 bits per heavy atom. The third-order valence-corrected chi connectivity index (χ3v) is 7.90. The minimum atomic E-state index is -4.45. The lowest BCUT2D eigenvalue weighted by Gasteiger charge is -2.36. The molecule has 2 aliphatic heterocycles. The van der Waals surface area contributed by atoms with Crippen molar-refractivity contribution >= 4 is 17.5 Å². The molecule has 1 saturated heterocycles. The standard InChI is InChI=1S/C31H33F3N4O3/c1-19(21-3-5-22(6-4-21)27-16-25(31(32,33)34)9-7-24(27)17-35)36-30(40)23-8-10-29-28(15-23)38(13-14-41-29)26-11-12-37(18-26)20(2)39/h3-10,15-16,19,26H,11-14,17-18,35H2,1-2H3,(H,36,40)/t19-,26?/m1/s1. The van der Waals surface area contributed by atoms with Crippen molar-refractivity contribution in [2.75, 3.05) is 31.1 Å². The Bertz CT molecular complexity index is 1440. The van der Waals surface area contributed by atoms with E-state index >= 15 is 0 Å². The summed E-state index contributed by atoms with van der Waals surface area (Å²) in [5.74, 6) is 0.518. The van der Waals surface area contributed by atoms with E-state index < -0.39 is 11.7 Å². The van der Waals surface area contributed by atoms with Crippen LogP contribution in [0.25, 0.3) is 11.1 Å². The largest absolute Gasteiger partial charge is 0.490 e. The van der Waals surface area contributed by atoms with Gasteiger partial charge in [0.1, 0.15) is 12.4 Å². The first-order valence-corrected chi connectivity index (χ1v) is 13.7. The lowest BCUT2D eigenvalue weighted by Crippen LogP contribution is -2.43. The molecule has 0 spiro atoms. The molecule has 41 heavy (non-hydrogen) atoms. The average molecular weight is 567 g/mol. The Hall–Kier alpha value is -4.05. The number of carbonyl (C=O) groups excluding carboxylic acids is 2. The number of halogens is 3. The number of nitrogens with two attached hydrogens (primary N) is 1. The Kier molecular flexibility index (Phi) is 7.95. The van der Waals surface area contributed by atoms with Crippen molar-refractivity contribution in [1.29, 1.82) is 0 Å². The molecule has 0 aromatic heterocycles. The Labute approximate surface area is 237 Å². The predicted octanol–water partition coefficient (Wildman–Crippen LogP) is 5.14. The van der Waals surface area contributed by atoms with Crippen molar-refractivity contribution < 1.29 is 27.5 Å². The van der Waals surface area contributed by atoms with Gasteiger partial charge in [-0.15, -0.1) is 0 Å². The molecule has 2 amide bonds. The number of amides is 2. The van der Waals surface area contributed by atoms with Crippen molar-refractivity contribution in [3.05, 3.63) is 82.9 Å². The quantitative estimate of drug-likeness (QED) is 0.432. The lowest BCUT2D eigenvalue weighted by atomic mass is 9.95. The highest BCUT2D eigenvalue weighted by atomic mass is 19.4. The Balaban J connectivity index is 1.31. The number of alkyl halides is 3. The highest BCUT2D eigenvalue weighted by Crippen LogP contribution is 2.37. The molecular formula is C31H33F3N4O3. The van der Waals surface area contributed by atoms with Gasteiger partial charge >= 0.3 is 6.18 Å². The minimum Gasteiger partial charge on any atom is -0.490 e. The maximum Gasteiger partial charge on any atom is 0.416 e. The topological polar surface area (TPSA) is 87.9 Å². The van der Waals surface area contributed by atoms with Crippen LogP contribution in [0.15, 0.2) is 60.7 Å². The fourth-order valence-corrected chi connectivity index (χ4v) is 5.56. The number of fused-ring (bicyclic) bond motifs is 1. The van der Waals surface area contributed by atoms with E-state index in [1.807, 2.05) is 17.9 Å². The first-order chi connectivity index (χ1) is 19.5. The van der Waals surface area contributed by atoms with Gasteiger partial charge in [-0.1, -0.05) is 30.3 Å². The fourth-order valence-electron chi connectivity index (χ4n) is 5.56. The smallest absolute Gasteiger partial charge is 0.416 e. The van der Waals surface area contributed by atoms with E-state index in [0.29, 0.717) is 54.2 Å². The number of nitrogens with zero attached hydrogens (tertiary/aromatic N) is 2. The zero-order chi connectivity index (χ0) is 29.3. The molecule has 10 heteroatoms. The third kappa shape index (κ3) is 6.02. The molecule has 3 aromatic carbocycles. The van der Waals surface area contributed by atoms with Gasteiger partial charge in [0.15, 0.2) is 0 Å². The first kappa shape index (κ1) is 28.5. The number of anilines is 1. The molecule has 216 valence electrons. The normalized spacial score (nSPS) is 17.6. The Morgan fingerprint density at radius 3 is 2.49 bits per heavy atom. The van der Waals surface area contributed by atoms with Crippen LogP contribution < -0.4 is 20.7 Å². The molecule has 1 fully saturated rings. The van der Waals surface area contributed by atoms with Crippen LogP contribution in [0.2, 0.25) is 0 Å². The molecular weight excluding hydrogens is 533 g/mol. The number of nitrogens with one attached hydrogen (secondary N) is 1. The first-order valence-electron chi connectivity index (χ1n) is 13.7. The molecule has 0 saturated carbocycles. The van der Waals surface area contributed by atoms with Crippen molar-refractivity contribution in [3.8, 4) is 16.9 Å². The maximum absolute atomic E-state index is 13.3. The minimum absolute atomic E-state index is 0.0609. The summed E-state index contributed by atoms with van der Waals surface area (Å²) in [6.07, 6.45) is -3.60. The van der Waals surface area contributed by atoms with Gasteiger partial charge in [-0.3, -0.25) is 9.59 Å². The summed E-state index contributed by atoms with van der Waals surface area (Å²) in [7, 11) is 0. The predicted molar refractivity (Wildman–Crippen MR) is 151 cm³/mol. The number of likely N-dealkylation sites (tertiary alicyclic amines) is 1. The van der Waals surface area contributed by atoms with Gasteiger partial charge in [-0.25, -0.2) is 0 Å². The third-order valence-electron chi connectivity index (χ3n) is 7.90. The molecule has 3 N–H and O–H groups in total. The second-order valence-electron chi connectivity index (χ2n) is 10.5. The number of benzene rings is 3. The van der Waals surface area contributed by atoms with Crippen molar-refractivity contribution in [1.82, 2.24) is 10.2 Å². The summed E-state index contributed by atoms with van der Waals surface area (Å²) < 4.78 is 45.7. The summed E-state index contributed by atoms with van der Waals surface area (Å²) in [4.78, 5) is 29.1. The van der Waals surface area contributed by atoms with Crippen LogP contribution in [0.1, 0.15) is 53.4 Å². The summed E-state index contributed by atoms with van der Waals surface area (Å²) in [6.45, 7) is 6.11. The maximum atomic E-state index is 13.3. The summed E-state index contributed by atoms with van der Waals surface area (Å²) in [6, 6.07) is 15.8. The summed E-state index contributed by atoms with van der Waals surface area (Å²) in [5, 5.41) is 3.02. The molecule has 0 bridgehead atoms. The van der Waals surface area contributed by atoms with Gasteiger partial charge in [0.2, 0.25) is 5.91 Å². The number of carbonyl (C=O) groups is 2. The molecule has 5 rings (SSSR count). The van der Waals surface area contributed by atoms with Crippen LogP contribution in [0.4, 0.5) is 18.9 Å². The van der Waals surface area contributed by atoms with Crippen molar-refractivity contribution in [3.63, 3.8) is 0 Å². The molecule has 7 nitrogen and oxygen atoms in total. The second kappa shape index (κ2) is 11.4. The average Bonchev–Trinajstić information content (AvgIpc) is 3.46. The van der Waals surface area contributed by atoms with E-state index in [4.69, 9.17) is 10.5 Å². The van der Waals surface area contributed by atoms with Crippen molar-refractivity contribution in [2.24, 2.45) is 5.73 Å². The van der Waals surface area contributed by atoms with Gasteiger partial charge in [0.05, 0.1) is 23.8 Å². The summed E-state index contributed by atoms with van der Waals surface area (Å²) in [5.41, 5.74) is 8.85. The Morgan fingerprint density at radius 2 is 1.83 bits per heavy atom. The van der Waals surface area contributed by atoms with E-state index in [2.05, 4.69) is 10.2 Å². The van der Waals surface area contributed by atoms with E-state index in [0.717, 1.165) is 29.8 Å². The molecule has 0 aliphatic carbocycles. The number of rotatable bonds is 6. The fraction of sp³-hybridized carbons (Fsp3) is 0.355. The molecule has 2 aliphatic rings. The van der Waals surface area contributed by atoms with Crippen LogP contribution in [0.5, 0.6) is 5.75 Å². The van der Waals surface area contributed by atoms with E-state index in [1.54, 1.807) is 43.3 Å². The second-order valence-corrected chi connectivity index (χ2v) is 10.5. The highest BCUT2D eigenvalue weighted by molar-refractivity contribution is 5.96. The monoisotopic (exact) mass is 566 g/mol. The van der Waals surface area contributed by atoms with Gasteiger partial charge in [-0.2, -0.15) is 13.2 Å². The summed E-state index contributed by atoms with van der Waals surface area (Å²) >= 11 is 0. The van der Waals surface area contributed by atoms with Gasteiger partial charge in [0.25, 0.3) is 5.91 Å². The zero-order valence-corrected chi connectivity index (χ0v) is 23.0. The van der Waals surface area contributed by atoms with E-state index in [9.17, 15) is 22.8 Å². The van der Waals surface area contributed by atoms with Crippen LogP contribution in [0, 0.1) is 0 Å². The van der Waals surface area contributed by atoms with Crippen molar-refractivity contribution in [2.45, 2.75) is 45.1 Å². The molecule has 2 heterocycles. The molecule has 1 unspecified atom stereocenters. The van der Waals surface area contributed by atoms with Crippen LogP contribution in [-0.2, 0) is 17.5 Å². The van der Waals surface area contributed by atoms with E-state index in [-0.39, 0.29) is 30.4 Å². The van der Waals surface area contributed by atoms with Crippen LogP contribution in [-0.4, -0.2) is 49.0 Å². The SMILES string of the molecule is CC(=O)N1CCC(N2CCOc3ccc(C(=O)N[C@H](C)c4ccc(-c5cc(C(F)(F)F)ccc5CN)cc4)cc32)C1. The van der Waals surface area contributed by atoms with E-state index in [1.165, 1.54) is 6.07 Å². The van der Waals surface area contributed by atoms with Gasteiger partial charge in [-0.05, 0) is 65.9 Å². The zero-order valence-electron chi connectivity index (χ0n) is 23.0. The van der Waals surface area contributed by atoms with Crippen LogP contribution in [0.3, 0.4) is 0 Å². The van der Waals surface area contributed by atoms with Gasteiger partial charge < -0.3 is 25.6 Å². The van der Waals surface area contributed by atoms with Gasteiger partial charge in [0, 0.05) is 38.2 Å². The number of hydrogen-bond acceptors (Lipinski definition) is 5. The molecule has 0 radical (unpaired) electrons. The number of ether oxygens (including phenoxy) is 1. The highest BCUT2D eigenvalue weighted by Gasteiger charge is 2.33. The number of hydrogen-bond donors (Lipinski definition) is 2.